The van der Waals surface area contributed by atoms with Gasteiger partial charge in [0.1, 0.15) is 17.9 Å². The molecule has 0 heterocycles. The lowest BCUT2D eigenvalue weighted by Crippen LogP contribution is -2.07. The number of carboxylic acids is 1. The van der Waals surface area contributed by atoms with Crippen molar-refractivity contribution < 1.29 is 24.1 Å². The van der Waals surface area contributed by atoms with Gasteiger partial charge in [-0.05, 0) is 17.0 Å². The summed E-state index contributed by atoms with van der Waals surface area (Å²) in [6.45, 7) is 4.68. The van der Waals surface area contributed by atoms with Crippen molar-refractivity contribution in [1.82, 2.24) is 0 Å². The van der Waals surface area contributed by atoms with Crippen LogP contribution in [0.3, 0.4) is 0 Å². The van der Waals surface area contributed by atoms with Crippen molar-refractivity contribution in [3.05, 3.63) is 63.8 Å². The van der Waals surface area contributed by atoms with E-state index in [4.69, 9.17) is 37.4 Å². The first-order valence-corrected chi connectivity index (χ1v) is 9.38. The summed E-state index contributed by atoms with van der Waals surface area (Å²) in [4.78, 5) is 11.5. The maximum atomic E-state index is 11.5. The van der Waals surface area contributed by atoms with Gasteiger partial charge < -0.3 is 19.3 Å². The van der Waals surface area contributed by atoms with E-state index in [1.54, 1.807) is 36.4 Å². The van der Waals surface area contributed by atoms with Gasteiger partial charge in [-0.15, -0.1) is 0 Å². The van der Waals surface area contributed by atoms with Crippen LogP contribution in [0.2, 0.25) is 10.0 Å². The number of carbonyl (C=O) groups is 1. The first-order valence-electron chi connectivity index (χ1n) is 8.62. The lowest BCUT2D eigenvalue weighted by atomic mass is 10.0. The van der Waals surface area contributed by atoms with E-state index in [1.165, 1.54) is 13.4 Å². The molecule has 0 amide bonds. The van der Waals surface area contributed by atoms with Crippen molar-refractivity contribution in [1.29, 1.82) is 0 Å². The topological polar surface area (TPSA) is 65.0 Å². The molecule has 0 saturated carbocycles. The van der Waals surface area contributed by atoms with Gasteiger partial charge in [0.05, 0.1) is 30.0 Å². The van der Waals surface area contributed by atoms with Gasteiger partial charge in [0.25, 0.3) is 0 Å². The molecule has 0 aliphatic carbocycles. The molecule has 0 aromatic heterocycles. The van der Waals surface area contributed by atoms with Crippen molar-refractivity contribution in [3.63, 3.8) is 0 Å². The highest BCUT2D eigenvalue weighted by Crippen LogP contribution is 2.37. The highest BCUT2D eigenvalue weighted by molar-refractivity contribution is 6.37. The van der Waals surface area contributed by atoms with Gasteiger partial charge in [-0.1, -0.05) is 61.3 Å². The Morgan fingerprint density at radius 1 is 1.14 bits per heavy atom. The lowest BCUT2D eigenvalue weighted by molar-refractivity contribution is -0.130. The Hall–Kier alpha value is -2.37. The van der Waals surface area contributed by atoms with E-state index in [-0.39, 0.29) is 12.2 Å². The fourth-order valence-electron chi connectivity index (χ4n) is 2.42. The Morgan fingerprint density at radius 3 is 2.36 bits per heavy atom. The molecule has 2 rings (SSSR count). The Kier molecular flexibility index (Phi) is 8.03. The Morgan fingerprint density at radius 2 is 1.79 bits per heavy atom. The van der Waals surface area contributed by atoms with Crippen LogP contribution in [0.5, 0.6) is 11.5 Å². The molecule has 28 heavy (non-hydrogen) atoms. The molecule has 2 aromatic carbocycles. The Balaban J connectivity index is 2.21. The van der Waals surface area contributed by atoms with Crippen LogP contribution in [-0.4, -0.2) is 24.8 Å². The zero-order valence-electron chi connectivity index (χ0n) is 15.9. The Labute approximate surface area is 174 Å². The third-order valence-electron chi connectivity index (χ3n) is 3.70. The van der Waals surface area contributed by atoms with Crippen LogP contribution >= 0.6 is 23.2 Å². The zero-order chi connectivity index (χ0) is 20.7. The molecule has 0 fully saturated rings. The van der Waals surface area contributed by atoms with Crippen molar-refractivity contribution in [2.45, 2.75) is 20.5 Å². The van der Waals surface area contributed by atoms with Crippen LogP contribution in [-0.2, 0) is 16.1 Å². The number of ether oxygens (including phenoxy) is 3. The van der Waals surface area contributed by atoms with Gasteiger partial charge >= 0.3 is 5.97 Å². The van der Waals surface area contributed by atoms with E-state index in [2.05, 4.69) is 0 Å². The van der Waals surface area contributed by atoms with Gasteiger partial charge in [0.2, 0.25) is 0 Å². The standard InChI is InChI=1S/C21H22Cl2O5/c1-13(2)10-28-20-18(22)8-15(9-19(20)23)27-11-14-6-4-5-7-16(14)17(12-26-3)21(24)25/h4-9,12-13H,10-11H2,1-3H3,(H,24,25)/b17-12+. The van der Waals surface area contributed by atoms with Gasteiger partial charge in [0.15, 0.2) is 5.75 Å². The molecule has 2 aromatic rings. The quantitative estimate of drug-likeness (QED) is 0.414. The first-order chi connectivity index (χ1) is 13.3. The smallest absolute Gasteiger partial charge is 0.339 e. The average molecular weight is 425 g/mol. The molecule has 0 saturated heterocycles. The third-order valence-corrected chi connectivity index (χ3v) is 4.26. The second-order valence-electron chi connectivity index (χ2n) is 6.44. The van der Waals surface area contributed by atoms with Crippen LogP contribution in [0.15, 0.2) is 42.7 Å². The van der Waals surface area contributed by atoms with Crippen molar-refractivity contribution in [2.24, 2.45) is 5.92 Å². The number of rotatable bonds is 9. The summed E-state index contributed by atoms with van der Waals surface area (Å²) in [5.41, 5.74) is 1.22. The zero-order valence-corrected chi connectivity index (χ0v) is 17.4. The van der Waals surface area contributed by atoms with Gasteiger partial charge in [-0.25, -0.2) is 4.79 Å². The molecule has 0 aliphatic heterocycles. The van der Waals surface area contributed by atoms with Crippen molar-refractivity contribution in [2.75, 3.05) is 13.7 Å². The number of aliphatic carboxylic acids is 1. The number of benzene rings is 2. The molecule has 0 atom stereocenters. The third kappa shape index (κ3) is 5.81. The minimum Gasteiger partial charge on any atom is -0.503 e. The molecule has 5 nitrogen and oxygen atoms in total. The summed E-state index contributed by atoms with van der Waals surface area (Å²) < 4.78 is 16.3. The normalized spacial score (nSPS) is 11.4. The molecule has 0 unspecified atom stereocenters. The van der Waals surface area contributed by atoms with E-state index in [9.17, 15) is 9.90 Å². The second-order valence-corrected chi connectivity index (χ2v) is 7.25. The van der Waals surface area contributed by atoms with E-state index in [0.717, 1.165) is 0 Å². The summed E-state index contributed by atoms with van der Waals surface area (Å²) in [7, 11) is 1.40. The van der Waals surface area contributed by atoms with Gasteiger partial charge in [0, 0.05) is 12.1 Å². The van der Waals surface area contributed by atoms with E-state index >= 15 is 0 Å². The van der Waals surface area contributed by atoms with E-state index < -0.39 is 5.97 Å². The van der Waals surface area contributed by atoms with Crippen LogP contribution in [0, 0.1) is 5.92 Å². The molecule has 0 radical (unpaired) electrons. The predicted octanol–water partition coefficient (Wildman–Crippen LogP) is 5.68. The molecule has 0 spiro atoms. The number of hydrogen-bond acceptors (Lipinski definition) is 4. The molecule has 7 heteroatoms. The van der Waals surface area contributed by atoms with E-state index in [1.807, 2.05) is 13.8 Å². The maximum Gasteiger partial charge on any atom is 0.339 e. The average Bonchev–Trinajstić information content (AvgIpc) is 2.63. The van der Waals surface area contributed by atoms with Crippen LogP contribution in [0.1, 0.15) is 25.0 Å². The largest absolute Gasteiger partial charge is 0.503 e. The summed E-state index contributed by atoms with van der Waals surface area (Å²) in [6.07, 6.45) is 1.19. The highest BCUT2D eigenvalue weighted by atomic mass is 35.5. The molecular formula is C21H22Cl2O5. The number of methoxy groups -OCH3 is 1. The minimum absolute atomic E-state index is 0.0372. The summed E-state index contributed by atoms with van der Waals surface area (Å²) in [5.74, 6) is 0.116. The number of hydrogen-bond donors (Lipinski definition) is 1. The van der Waals surface area contributed by atoms with Crippen LogP contribution < -0.4 is 9.47 Å². The summed E-state index contributed by atoms with van der Waals surface area (Å²) in [6, 6.07) is 10.3. The van der Waals surface area contributed by atoms with Crippen LogP contribution in [0.4, 0.5) is 0 Å². The first kappa shape index (κ1) is 21.9. The molecule has 1 N–H and O–H groups in total. The number of carboxylic acid groups (broad SMARTS) is 1. The minimum atomic E-state index is -1.09. The van der Waals surface area contributed by atoms with E-state index in [0.29, 0.717) is 45.2 Å². The SMILES string of the molecule is CO/C=C(/C(=O)O)c1ccccc1COc1cc(Cl)c(OCC(C)C)c(Cl)c1. The Bertz CT molecular complexity index is 839. The van der Waals surface area contributed by atoms with Crippen molar-refractivity contribution >= 4 is 34.7 Å². The maximum absolute atomic E-state index is 11.5. The predicted molar refractivity (Wildman–Crippen MR) is 110 cm³/mol. The van der Waals surface area contributed by atoms with Gasteiger partial charge in [-0.3, -0.25) is 0 Å². The van der Waals surface area contributed by atoms with Crippen molar-refractivity contribution in [3.8, 4) is 11.5 Å². The number of halogens is 2. The summed E-state index contributed by atoms with van der Waals surface area (Å²) >= 11 is 12.5. The molecule has 150 valence electrons. The van der Waals surface area contributed by atoms with Gasteiger partial charge in [-0.2, -0.15) is 0 Å². The fourth-order valence-corrected chi connectivity index (χ4v) is 3.00. The lowest BCUT2D eigenvalue weighted by Gasteiger charge is -2.15. The fraction of sp³-hybridized carbons (Fsp3) is 0.286. The molecular weight excluding hydrogens is 403 g/mol. The second kappa shape index (κ2) is 10.2. The highest BCUT2D eigenvalue weighted by Gasteiger charge is 2.16. The summed E-state index contributed by atoms with van der Waals surface area (Å²) in [5, 5.41) is 10.1. The monoisotopic (exact) mass is 424 g/mol. The molecule has 0 aliphatic rings. The molecule has 0 bridgehead atoms. The van der Waals surface area contributed by atoms with Crippen LogP contribution in [0.25, 0.3) is 5.57 Å².